The molecule has 1 unspecified atom stereocenters. The molecule has 6 nitrogen and oxygen atoms in total. The largest absolute Gasteiger partial charge is 0.462 e. The molecule has 0 spiro atoms. The second kappa shape index (κ2) is 71.1. The molecule has 0 saturated carbocycles. The van der Waals surface area contributed by atoms with Gasteiger partial charge < -0.3 is 14.2 Å². The Labute approximate surface area is 512 Å². The van der Waals surface area contributed by atoms with Gasteiger partial charge in [-0.2, -0.15) is 0 Å². The third kappa shape index (κ3) is 68.4. The van der Waals surface area contributed by atoms with Gasteiger partial charge in [-0.1, -0.05) is 359 Å². The van der Waals surface area contributed by atoms with Crippen molar-refractivity contribution in [2.45, 2.75) is 419 Å². The third-order valence-electron chi connectivity index (χ3n) is 16.9. The summed E-state index contributed by atoms with van der Waals surface area (Å²) < 4.78 is 17.0. The molecule has 0 radical (unpaired) electrons. The molecule has 0 aromatic rings. The Morgan fingerprint density at radius 3 is 0.720 bits per heavy atom. The summed E-state index contributed by atoms with van der Waals surface area (Å²) in [6.07, 6.45) is 89.2. The normalized spacial score (nSPS) is 12.2. The molecule has 0 aliphatic heterocycles. The maximum Gasteiger partial charge on any atom is 0.306 e. The number of unbranched alkanes of at least 4 members (excludes halogenated alkanes) is 52. The van der Waals surface area contributed by atoms with Crippen LogP contribution >= 0.6 is 0 Å². The lowest BCUT2D eigenvalue weighted by Gasteiger charge is -2.18. The standard InChI is InChI=1S/C76H142O6/c1-4-7-10-13-16-19-22-25-28-30-31-32-33-34-35-36-37-38-39-40-41-42-43-44-45-46-47-49-51-54-57-60-63-66-69-75(78)81-72-73(71-80-74(77)68-65-62-59-56-53-50-27-24-21-18-15-12-9-6-3)82-76(79)70-67-64-61-58-55-52-48-29-26-23-20-17-14-11-8-5-2/h15,18,24,27,29,48,73H,4-14,16-17,19-23,25-26,28,30-47,49-72H2,1-3H3/b18-15-,27-24-,48-29-. The predicted octanol–water partition coefficient (Wildman–Crippen LogP) is 25.5. The summed E-state index contributed by atoms with van der Waals surface area (Å²) in [6.45, 7) is 6.65. The van der Waals surface area contributed by atoms with Gasteiger partial charge in [0.05, 0.1) is 0 Å². The van der Waals surface area contributed by atoms with Crippen molar-refractivity contribution in [3.63, 3.8) is 0 Å². The van der Waals surface area contributed by atoms with E-state index in [-0.39, 0.29) is 31.1 Å². The maximum atomic E-state index is 12.9. The fraction of sp³-hybridized carbons (Fsp3) is 0.882. The van der Waals surface area contributed by atoms with Gasteiger partial charge in [-0.3, -0.25) is 14.4 Å². The molecule has 0 rings (SSSR count). The molecule has 0 aromatic carbocycles. The number of esters is 3. The van der Waals surface area contributed by atoms with Crippen molar-refractivity contribution < 1.29 is 28.6 Å². The first kappa shape index (κ1) is 79.6. The Hall–Kier alpha value is -2.37. The fourth-order valence-electron chi connectivity index (χ4n) is 11.3. The molecule has 0 aliphatic rings. The van der Waals surface area contributed by atoms with Crippen LogP contribution in [0.4, 0.5) is 0 Å². The Morgan fingerprint density at radius 1 is 0.244 bits per heavy atom. The molecule has 82 heavy (non-hydrogen) atoms. The average Bonchev–Trinajstić information content (AvgIpc) is 3.47. The highest BCUT2D eigenvalue weighted by molar-refractivity contribution is 5.71. The van der Waals surface area contributed by atoms with Crippen molar-refractivity contribution >= 4 is 17.9 Å². The van der Waals surface area contributed by atoms with Gasteiger partial charge in [0.25, 0.3) is 0 Å². The molecule has 0 saturated heterocycles. The lowest BCUT2D eigenvalue weighted by atomic mass is 10.0. The molecule has 0 aliphatic carbocycles. The molecule has 0 aromatic heterocycles. The van der Waals surface area contributed by atoms with Crippen LogP contribution in [0, 0.1) is 0 Å². The molecule has 6 heteroatoms. The van der Waals surface area contributed by atoms with Crippen LogP contribution < -0.4 is 0 Å². The zero-order valence-corrected chi connectivity index (χ0v) is 55.5. The highest BCUT2D eigenvalue weighted by Crippen LogP contribution is 2.19. The Morgan fingerprint density at radius 2 is 0.451 bits per heavy atom. The van der Waals surface area contributed by atoms with Gasteiger partial charge in [-0.25, -0.2) is 0 Å². The van der Waals surface area contributed by atoms with Crippen LogP contribution in [0.3, 0.4) is 0 Å². The van der Waals surface area contributed by atoms with Gasteiger partial charge in [-0.15, -0.1) is 0 Å². The van der Waals surface area contributed by atoms with Gasteiger partial charge >= 0.3 is 17.9 Å². The Balaban J connectivity index is 4.09. The smallest absolute Gasteiger partial charge is 0.306 e. The van der Waals surface area contributed by atoms with Crippen LogP contribution in [0.2, 0.25) is 0 Å². The van der Waals surface area contributed by atoms with Gasteiger partial charge in [0.2, 0.25) is 0 Å². The molecule has 0 heterocycles. The summed E-state index contributed by atoms with van der Waals surface area (Å²) >= 11 is 0. The highest BCUT2D eigenvalue weighted by Gasteiger charge is 2.19. The molecule has 1 atom stereocenters. The van der Waals surface area contributed by atoms with E-state index < -0.39 is 6.10 Å². The van der Waals surface area contributed by atoms with Crippen molar-refractivity contribution in [1.82, 2.24) is 0 Å². The van der Waals surface area contributed by atoms with E-state index in [0.717, 1.165) is 83.5 Å². The van der Waals surface area contributed by atoms with Crippen LogP contribution in [0.25, 0.3) is 0 Å². The number of ether oxygens (including phenoxy) is 3. The topological polar surface area (TPSA) is 78.9 Å². The van der Waals surface area contributed by atoms with E-state index in [0.29, 0.717) is 19.3 Å². The number of rotatable bonds is 69. The number of carbonyl (C=O) groups is 3. The van der Waals surface area contributed by atoms with E-state index in [2.05, 4.69) is 57.2 Å². The first-order chi connectivity index (χ1) is 40.5. The van der Waals surface area contributed by atoms with E-state index >= 15 is 0 Å². The molecular weight excluding hydrogens is 1010 g/mol. The van der Waals surface area contributed by atoms with E-state index in [1.807, 2.05) is 0 Å². The lowest BCUT2D eigenvalue weighted by Crippen LogP contribution is -2.30. The first-order valence-corrected chi connectivity index (χ1v) is 37.0. The van der Waals surface area contributed by atoms with E-state index in [1.165, 1.54) is 289 Å². The van der Waals surface area contributed by atoms with Crippen LogP contribution in [-0.4, -0.2) is 37.2 Å². The van der Waals surface area contributed by atoms with Crippen molar-refractivity contribution in [2.24, 2.45) is 0 Å². The van der Waals surface area contributed by atoms with Crippen LogP contribution in [-0.2, 0) is 28.6 Å². The quantitative estimate of drug-likeness (QED) is 0.0261. The van der Waals surface area contributed by atoms with Gasteiger partial charge in [0.15, 0.2) is 6.10 Å². The van der Waals surface area contributed by atoms with E-state index in [9.17, 15) is 14.4 Å². The second-order valence-corrected chi connectivity index (χ2v) is 25.2. The molecule has 0 bridgehead atoms. The summed E-state index contributed by atoms with van der Waals surface area (Å²) in [5.41, 5.74) is 0. The van der Waals surface area contributed by atoms with Crippen molar-refractivity contribution in [1.29, 1.82) is 0 Å². The first-order valence-electron chi connectivity index (χ1n) is 37.0. The number of hydrogen-bond acceptors (Lipinski definition) is 6. The summed E-state index contributed by atoms with van der Waals surface area (Å²) in [5.74, 6) is -0.873. The third-order valence-corrected chi connectivity index (χ3v) is 16.9. The minimum atomic E-state index is -0.781. The second-order valence-electron chi connectivity index (χ2n) is 25.2. The SMILES string of the molecule is CCCC/C=C\C/C=C\CCCCCCCC(=O)OCC(COC(=O)CCCCCCCCCCCCCCCCCCCCCCCCCCCCCCCCCCCC)OC(=O)CCCCCCC/C=C\CCCCCCCCC. The Kier molecular flexibility index (Phi) is 69.1. The zero-order chi connectivity index (χ0) is 59.2. The van der Waals surface area contributed by atoms with Crippen molar-refractivity contribution in [3.8, 4) is 0 Å². The molecule has 0 amide bonds. The van der Waals surface area contributed by atoms with Gasteiger partial charge in [0, 0.05) is 19.3 Å². The summed E-state index contributed by atoms with van der Waals surface area (Å²) in [4.78, 5) is 38.4. The monoisotopic (exact) mass is 1150 g/mol. The lowest BCUT2D eigenvalue weighted by molar-refractivity contribution is -0.167. The molecular formula is C76H142O6. The van der Waals surface area contributed by atoms with Gasteiger partial charge in [0.1, 0.15) is 13.2 Å². The number of allylic oxidation sites excluding steroid dienone is 6. The highest BCUT2D eigenvalue weighted by atomic mass is 16.6. The number of carbonyl (C=O) groups excluding carboxylic acids is 3. The number of hydrogen-bond donors (Lipinski definition) is 0. The van der Waals surface area contributed by atoms with Crippen molar-refractivity contribution in [3.05, 3.63) is 36.5 Å². The van der Waals surface area contributed by atoms with Crippen LogP contribution in [0.1, 0.15) is 412 Å². The van der Waals surface area contributed by atoms with Crippen LogP contribution in [0.15, 0.2) is 36.5 Å². The zero-order valence-electron chi connectivity index (χ0n) is 55.5. The summed E-state index contributed by atoms with van der Waals surface area (Å²) in [7, 11) is 0. The minimum Gasteiger partial charge on any atom is -0.462 e. The average molecular weight is 1150 g/mol. The summed E-state index contributed by atoms with van der Waals surface area (Å²) in [6, 6.07) is 0. The maximum absolute atomic E-state index is 12.9. The van der Waals surface area contributed by atoms with E-state index in [4.69, 9.17) is 14.2 Å². The molecule has 0 N–H and O–H groups in total. The fourth-order valence-corrected chi connectivity index (χ4v) is 11.3. The molecule has 0 fully saturated rings. The van der Waals surface area contributed by atoms with Gasteiger partial charge in [-0.05, 0) is 70.6 Å². The predicted molar refractivity (Wildman–Crippen MR) is 358 cm³/mol. The van der Waals surface area contributed by atoms with Crippen molar-refractivity contribution in [2.75, 3.05) is 13.2 Å². The Bertz CT molecular complexity index is 1370. The minimum absolute atomic E-state index is 0.0758. The van der Waals surface area contributed by atoms with Crippen LogP contribution in [0.5, 0.6) is 0 Å². The van der Waals surface area contributed by atoms with E-state index in [1.54, 1.807) is 0 Å². The summed E-state index contributed by atoms with van der Waals surface area (Å²) in [5, 5.41) is 0. The molecule has 482 valence electrons.